The van der Waals surface area contributed by atoms with E-state index in [2.05, 4.69) is 21.2 Å². The molecule has 0 spiro atoms. The summed E-state index contributed by atoms with van der Waals surface area (Å²) in [7, 11) is 1.44. The maximum Gasteiger partial charge on any atom is 0.315 e. The molecule has 138 valence electrons. The van der Waals surface area contributed by atoms with Crippen molar-refractivity contribution in [3.63, 3.8) is 0 Å². The minimum Gasteiger partial charge on any atom is -0.468 e. The van der Waals surface area contributed by atoms with Crippen LogP contribution in [0.3, 0.4) is 0 Å². The summed E-state index contributed by atoms with van der Waals surface area (Å²) in [6, 6.07) is 7.75. The number of rotatable bonds is 5. The van der Waals surface area contributed by atoms with Gasteiger partial charge < -0.3 is 4.74 Å². The molecule has 0 aliphatic carbocycles. The summed E-state index contributed by atoms with van der Waals surface area (Å²) in [4.78, 5) is 14.3. The Kier molecular flexibility index (Phi) is 5.49. The highest BCUT2D eigenvalue weighted by Gasteiger charge is 2.34. The maximum absolute atomic E-state index is 12.0. The first-order valence-corrected chi connectivity index (χ1v) is 9.08. The Bertz CT molecular complexity index is 809. The molecule has 6 heteroatoms. The van der Waals surface area contributed by atoms with Crippen LogP contribution >= 0.6 is 11.6 Å². The molecule has 0 unspecified atom stereocenters. The zero-order chi connectivity index (χ0) is 18.7. The summed E-state index contributed by atoms with van der Waals surface area (Å²) >= 11 is 5.98. The van der Waals surface area contributed by atoms with Gasteiger partial charge in [-0.3, -0.25) is 14.8 Å². The molecule has 0 radical (unpaired) electrons. The molecule has 1 aliphatic rings. The van der Waals surface area contributed by atoms with E-state index in [4.69, 9.17) is 16.3 Å². The number of nitrogens with one attached hydrogen (secondary N) is 1. The van der Waals surface area contributed by atoms with Crippen molar-refractivity contribution in [1.29, 1.82) is 0 Å². The molecule has 1 N–H and O–H groups in total. The molecule has 26 heavy (non-hydrogen) atoms. The summed E-state index contributed by atoms with van der Waals surface area (Å²) in [5.41, 5.74) is 3.82. The average molecular weight is 374 g/mol. The second-order valence-electron chi connectivity index (χ2n) is 7.11. The Morgan fingerprint density at radius 1 is 1.35 bits per heavy atom. The van der Waals surface area contributed by atoms with Crippen LogP contribution in [0.4, 0.5) is 0 Å². The Morgan fingerprint density at radius 2 is 2.08 bits per heavy atom. The lowest BCUT2D eigenvalue weighted by molar-refractivity contribution is -0.148. The van der Waals surface area contributed by atoms with Crippen LogP contribution in [0.5, 0.6) is 0 Å². The summed E-state index contributed by atoms with van der Waals surface area (Å²) < 4.78 is 4.94. The first-order chi connectivity index (χ1) is 12.4. The van der Waals surface area contributed by atoms with E-state index in [0.29, 0.717) is 0 Å². The van der Waals surface area contributed by atoms with Gasteiger partial charge in [0.1, 0.15) is 0 Å². The molecule has 1 aromatic heterocycles. The van der Waals surface area contributed by atoms with Crippen LogP contribution in [0, 0.1) is 5.41 Å². The second-order valence-corrected chi connectivity index (χ2v) is 7.54. The number of hydrogen-bond donors (Lipinski definition) is 1. The third-order valence-electron chi connectivity index (χ3n) is 5.04. The monoisotopic (exact) mass is 373 g/mol. The minimum atomic E-state index is -0.565. The molecule has 0 atom stereocenters. The second kappa shape index (κ2) is 7.64. The third-order valence-corrected chi connectivity index (χ3v) is 5.29. The molecule has 0 saturated heterocycles. The molecule has 2 heterocycles. The van der Waals surface area contributed by atoms with Crippen molar-refractivity contribution in [2.75, 3.05) is 20.2 Å². The van der Waals surface area contributed by atoms with Crippen LogP contribution in [0.1, 0.15) is 25.8 Å². The van der Waals surface area contributed by atoms with E-state index >= 15 is 0 Å². The normalized spacial score (nSPS) is 15.6. The van der Waals surface area contributed by atoms with Crippen LogP contribution in [-0.4, -0.2) is 41.3 Å². The molecule has 2 aromatic rings. The van der Waals surface area contributed by atoms with Crippen LogP contribution in [-0.2, 0) is 16.1 Å². The molecule has 5 nitrogen and oxygen atoms in total. The van der Waals surface area contributed by atoms with Gasteiger partial charge >= 0.3 is 5.97 Å². The number of carbonyl (C=O) groups excluding carboxylic acids is 1. The van der Waals surface area contributed by atoms with Crippen molar-refractivity contribution < 1.29 is 9.53 Å². The van der Waals surface area contributed by atoms with Gasteiger partial charge in [0.25, 0.3) is 0 Å². The number of aromatic amines is 1. The van der Waals surface area contributed by atoms with Gasteiger partial charge in [0.15, 0.2) is 0 Å². The largest absolute Gasteiger partial charge is 0.468 e. The lowest BCUT2D eigenvalue weighted by Gasteiger charge is -2.32. The number of methoxy groups -OCH3 is 1. The van der Waals surface area contributed by atoms with E-state index in [9.17, 15) is 4.79 Å². The van der Waals surface area contributed by atoms with Crippen LogP contribution in [0.25, 0.3) is 11.3 Å². The fourth-order valence-electron chi connectivity index (χ4n) is 3.35. The van der Waals surface area contributed by atoms with Gasteiger partial charge in [-0.15, -0.1) is 0 Å². The lowest BCUT2D eigenvalue weighted by atomic mass is 9.81. The van der Waals surface area contributed by atoms with Crippen molar-refractivity contribution in [1.82, 2.24) is 15.1 Å². The van der Waals surface area contributed by atoms with E-state index in [1.54, 1.807) is 0 Å². The van der Waals surface area contributed by atoms with E-state index in [-0.39, 0.29) is 5.97 Å². The molecule has 0 saturated carbocycles. The quantitative estimate of drug-likeness (QED) is 0.634. The number of esters is 1. The minimum absolute atomic E-state index is 0.183. The van der Waals surface area contributed by atoms with Gasteiger partial charge in [-0.25, -0.2) is 0 Å². The van der Waals surface area contributed by atoms with E-state index in [1.807, 2.05) is 44.3 Å². The smallest absolute Gasteiger partial charge is 0.315 e. The Hall–Kier alpha value is -2.11. The molecule has 1 aromatic carbocycles. The number of ether oxygens (including phenoxy) is 1. The number of hydrogen-bond acceptors (Lipinski definition) is 4. The first kappa shape index (κ1) is 18.7. The van der Waals surface area contributed by atoms with Gasteiger partial charge in [-0.2, -0.15) is 5.10 Å². The summed E-state index contributed by atoms with van der Waals surface area (Å²) in [6.07, 6.45) is 4.89. The van der Waals surface area contributed by atoms with Crippen LogP contribution < -0.4 is 0 Å². The van der Waals surface area contributed by atoms with Gasteiger partial charge in [0.2, 0.25) is 0 Å². The number of benzene rings is 1. The summed E-state index contributed by atoms with van der Waals surface area (Å²) in [6.45, 7) is 6.36. The maximum atomic E-state index is 12.0. The van der Waals surface area contributed by atoms with Crippen LogP contribution in [0.2, 0.25) is 5.02 Å². The van der Waals surface area contributed by atoms with Crippen molar-refractivity contribution in [2.45, 2.75) is 26.8 Å². The van der Waals surface area contributed by atoms with Crippen molar-refractivity contribution in [2.24, 2.45) is 5.41 Å². The van der Waals surface area contributed by atoms with Gasteiger partial charge in [0, 0.05) is 30.2 Å². The van der Waals surface area contributed by atoms with Crippen molar-refractivity contribution >= 4 is 17.6 Å². The zero-order valence-electron chi connectivity index (χ0n) is 15.4. The zero-order valence-corrected chi connectivity index (χ0v) is 16.1. The molecule has 0 amide bonds. The first-order valence-electron chi connectivity index (χ1n) is 8.70. The third kappa shape index (κ3) is 3.84. The van der Waals surface area contributed by atoms with Gasteiger partial charge in [0.05, 0.1) is 24.4 Å². The van der Waals surface area contributed by atoms with Gasteiger partial charge in [-0.05, 0) is 38.0 Å². The number of carbonyl (C=O) groups is 1. The predicted molar refractivity (Wildman–Crippen MR) is 103 cm³/mol. The number of H-pyrrole nitrogens is 1. The molecule has 3 rings (SSSR count). The predicted octanol–water partition coefficient (Wildman–Crippen LogP) is 4.06. The van der Waals surface area contributed by atoms with Crippen molar-refractivity contribution in [3.8, 4) is 11.3 Å². The number of nitrogens with zero attached hydrogens (tertiary/aromatic N) is 2. The number of halogens is 1. The summed E-state index contributed by atoms with van der Waals surface area (Å²) in [5.74, 6) is -0.183. The standard InChI is InChI=1S/C20H24ClN3O2/c1-20(2,19(25)26-3)16-8-10-24(11-9-16)13-15-12-22-23-18(15)14-4-6-17(21)7-5-14/h4-8,12H,9-11,13H2,1-3H3,(H,22,23). The molecule has 0 fully saturated rings. The van der Waals surface area contributed by atoms with Crippen molar-refractivity contribution in [3.05, 3.63) is 52.7 Å². The molecular formula is C20H24ClN3O2. The summed E-state index contributed by atoms with van der Waals surface area (Å²) in [5, 5.41) is 8.02. The fraction of sp³-hybridized carbons (Fsp3) is 0.400. The SMILES string of the molecule is COC(=O)C(C)(C)C1=CCN(Cc2cn[nH]c2-c2ccc(Cl)cc2)CC1. The van der Waals surface area contributed by atoms with E-state index < -0.39 is 5.41 Å². The number of aromatic nitrogens is 2. The fourth-order valence-corrected chi connectivity index (χ4v) is 3.47. The highest BCUT2D eigenvalue weighted by molar-refractivity contribution is 6.30. The molecule has 1 aliphatic heterocycles. The average Bonchev–Trinajstić information content (AvgIpc) is 3.10. The topological polar surface area (TPSA) is 58.2 Å². The highest BCUT2D eigenvalue weighted by Crippen LogP contribution is 2.33. The van der Waals surface area contributed by atoms with E-state index in [1.165, 1.54) is 7.11 Å². The molecular weight excluding hydrogens is 350 g/mol. The van der Waals surface area contributed by atoms with E-state index in [0.717, 1.165) is 53.5 Å². The Morgan fingerprint density at radius 3 is 2.69 bits per heavy atom. The van der Waals surface area contributed by atoms with Crippen LogP contribution in [0.15, 0.2) is 42.1 Å². The lowest BCUT2D eigenvalue weighted by Crippen LogP contribution is -2.35. The Labute approximate surface area is 159 Å². The Balaban J connectivity index is 1.70. The highest BCUT2D eigenvalue weighted by atomic mass is 35.5. The van der Waals surface area contributed by atoms with Gasteiger partial charge in [-0.1, -0.05) is 35.4 Å². The molecule has 0 bridgehead atoms.